The van der Waals surface area contributed by atoms with E-state index in [1.54, 1.807) is 0 Å². The lowest BCUT2D eigenvalue weighted by Crippen LogP contribution is -2.22. The summed E-state index contributed by atoms with van der Waals surface area (Å²) in [6, 6.07) is 4.17. The molecule has 0 N–H and O–H groups in total. The second-order valence-electron chi connectivity index (χ2n) is 4.16. The third-order valence-electron chi connectivity index (χ3n) is 2.71. The molecule has 0 saturated carbocycles. The Morgan fingerprint density at radius 2 is 1.88 bits per heavy atom. The van der Waals surface area contributed by atoms with Crippen LogP contribution in [0.25, 0.3) is 0 Å². The summed E-state index contributed by atoms with van der Waals surface area (Å²) in [4.78, 5) is 6.40. The zero-order valence-corrected chi connectivity index (χ0v) is 10.8. The summed E-state index contributed by atoms with van der Waals surface area (Å²) in [5.41, 5.74) is 1.36. The molecule has 1 heterocycles. The van der Waals surface area contributed by atoms with Crippen molar-refractivity contribution >= 4 is 11.6 Å². The fourth-order valence-corrected chi connectivity index (χ4v) is 1.82. The first-order valence-corrected chi connectivity index (χ1v) is 6.50. The van der Waals surface area contributed by atoms with Gasteiger partial charge in [0.05, 0.1) is 0 Å². The Morgan fingerprint density at radius 3 is 2.56 bits per heavy atom. The highest BCUT2D eigenvalue weighted by Gasteiger charge is 1.99. The van der Waals surface area contributed by atoms with Crippen LogP contribution in [0, 0.1) is 0 Å². The number of hydrogen-bond donors (Lipinski definition) is 0. The van der Waals surface area contributed by atoms with Gasteiger partial charge in [-0.05, 0) is 50.6 Å². The first-order chi connectivity index (χ1) is 7.83. The molecule has 0 saturated heterocycles. The molecule has 0 amide bonds. The molecule has 1 aromatic rings. The Labute approximate surface area is 104 Å². The van der Waals surface area contributed by atoms with Crippen LogP contribution >= 0.6 is 11.6 Å². The van der Waals surface area contributed by atoms with Gasteiger partial charge in [-0.3, -0.25) is 4.98 Å². The molecule has 0 spiro atoms. The van der Waals surface area contributed by atoms with E-state index in [0.717, 1.165) is 25.3 Å². The molecule has 3 heteroatoms. The molecule has 1 rings (SSSR count). The minimum Gasteiger partial charge on any atom is -0.306 e. The molecule has 0 radical (unpaired) electrons. The van der Waals surface area contributed by atoms with Crippen molar-refractivity contribution < 1.29 is 0 Å². The first kappa shape index (κ1) is 13.5. The summed E-state index contributed by atoms with van der Waals surface area (Å²) in [6.07, 6.45) is 8.45. The Kier molecular flexibility index (Phi) is 7.19. The van der Waals surface area contributed by atoms with Gasteiger partial charge < -0.3 is 4.90 Å². The van der Waals surface area contributed by atoms with Crippen molar-refractivity contribution in [2.24, 2.45) is 0 Å². The predicted octanol–water partition coefficient (Wildman–Crippen LogP) is 2.97. The molecule has 2 nitrogen and oxygen atoms in total. The van der Waals surface area contributed by atoms with E-state index in [0.29, 0.717) is 0 Å². The number of likely N-dealkylation sites (N-methyl/N-ethyl adjacent to an activating group) is 1. The number of aromatic nitrogens is 1. The molecule has 0 aliphatic heterocycles. The maximum Gasteiger partial charge on any atom is 0.0270 e. The molecular weight excluding hydrogens is 220 g/mol. The van der Waals surface area contributed by atoms with Gasteiger partial charge in [-0.1, -0.05) is 6.42 Å². The third kappa shape index (κ3) is 6.09. The summed E-state index contributed by atoms with van der Waals surface area (Å²) in [7, 11) is 2.18. The summed E-state index contributed by atoms with van der Waals surface area (Å²) in [6.45, 7) is 2.28. The number of unbranched alkanes of at least 4 members (excludes halogenated alkanes) is 2. The van der Waals surface area contributed by atoms with Crippen molar-refractivity contribution in [1.82, 2.24) is 9.88 Å². The Morgan fingerprint density at radius 1 is 1.12 bits per heavy atom. The van der Waals surface area contributed by atoms with E-state index in [4.69, 9.17) is 11.6 Å². The summed E-state index contributed by atoms with van der Waals surface area (Å²) in [5, 5.41) is 0. The lowest BCUT2D eigenvalue weighted by molar-refractivity contribution is 0.329. The molecule has 0 aromatic carbocycles. The molecular formula is C13H21ClN2. The largest absolute Gasteiger partial charge is 0.306 e. The highest BCUT2D eigenvalue weighted by atomic mass is 35.5. The molecule has 0 atom stereocenters. The van der Waals surface area contributed by atoms with Gasteiger partial charge in [0.15, 0.2) is 0 Å². The van der Waals surface area contributed by atoms with Crippen LogP contribution in [0.5, 0.6) is 0 Å². The molecule has 0 unspecified atom stereocenters. The second-order valence-corrected chi connectivity index (χ2v) is 4.54. The third-order valence-corrected chi connectivity index (χ3v) is 2.97. The number of nitrogens with zero attached hydrogens (tertiary/aromatic N) is 2. The zero-order valence-electron chi connectivity index (χ0n) is 10.0. The average molecular weight is 241 g/mol. The van der Waals surface area contributed by atoms with Gasteiger partial charge in [0.2, 0.25) is 0 Å². The Bertz CT molecular complexity index is 264. The Balaban J connectivity index is 2.08. The van der Waals surface area contributed by atoms with Crippen molar-refractivity contribution in [2.75, 3.05) is 26.0 Å². The quantitative estimate of drug-likeness (QED) is 0.513. The van der Waals surface area contributed by atoms with Crippen molar-refractivity contribution in [2.45, 2.75) is 25.7 Å². The normalized spacial score (nSPS) is 10.9. The van der Waals surface area contributed by atoms with E-state index in [1.165, 1.54) is 24.9 Å². The van der Waals surface area contributed by atoms with Crippen LogP contribution in [0.4, 0.5) is 0 Å². The van der Waals surface area contributed by atoms with Crippen molar-refractivity contribution in [1.29, 1.82) is 0 Å². The fourth-order valence-electron chi connectivity index (χ4n) is 1.63. The van der Waals surface area contributed by atoms with Gasteiger partial charge in [0.1, 0.15) is 0 Å². The standard InChI is InChI=1S/C13H21ClN2/c1-16(11-4-2-3-8-14)12-7-13-5-9-15-10-6-13/h5-6,9-10H,2-4,7-8,11-12H2,1H3. The van der Waals surface area contributed by atoms with E-state index in [2.05, 4.69) is 29.1 Å². The van der Waals surface area contributed by atoms with Crippen LogP contribution in [0.15, 0.2) is 24.5 Å². The lowest BCUT2D eigenvalue weighted by atomic mass is 10.2. The van der Waals surface area contributed by atoms with Crippen LogP contribution in [0.2, 0.25) is 0 Å². The molecule has 90 valence electrons. The number of pyridine rings is 1. The van der Waals surface area contributed by atoms with Crippen LogP contribution in [0.1, 0.15) is 24.8 Å². The average Bonchev–Trinajstić information content (AvgIpc) is 2.33. The van der Waals surface area contributed by atoms with Crippen LogP contribution in [0.3, 0.4) is 0 Å². The number of alkyl halides is 1. The van der Waals surface area contributed by atoms with Gasteiger partial charge in [-0.2, -0.15) is 0 Å². The highest BCUT2D eigenvalue weighted by Crippen LogP contribution is 2.02. The van der Waals surface area contributed by atoms with E-state index < -0.39 is 0 Å². The van der Waals surface area contributed by atoms with Gasteiger partial charge in [0.25, 0.3) is 0 Å². The summed E-state index contributed by atoms with van der Waals surface area (Å²) >= 11 is 5.64. The number of halogens is 1. The number of hydrogen-bond acceptors (Lipinski definition) is 2. The molecule has 1 aromatic heterocycles. The smallest absolute Gasteiger partial charge is 0.0270 e. The number of rotatable bonds is 8. The molecule has 0 aliphatic rings. The molecule has 16 heavy (non-hydrogen) atoms. The lowest BCUT2D eigenvalue weighted by Gasteiger charge is -2.16. The van der Waals surface area contributed by atoms with Gasteiger partial charge >= 0.3 is 0 Å². The molecule has 0 fully saturated rings. The van der Waals surface area contributed by atoms with E-state index in [-0.39, 0.29) is 0 Å². The molecule has 0 aliphatic carbocycles. The minimum atomic E-state index is 0.792. The van der Waals surface area contributed by atoms with Crippen molar-refractivity contribution in [3.63, 3.8) is 0 Å². The van der Waals surface area contributed by atoms with Gasteiger partial charge in [-0.15, -0.1) is 11.6 Å². The van der Waals surface area contributed by atoms with E-state index in [1.807, 2.05) is 12.4 Å². The predicted molar refractivity (Wildman–Crippen MR) is 70.0 cm³/mol. The van der Waals surface area contributed by atoms with E-state index in [9.17, 15) is 0 Å². The summed E-state index contributed by atoms with van der Waals surface area (Å²) < 4.78 is 0. The van der Waals surface area contributed by atoms with Gasteiger partial charge in [-0.25, -0.2) is 0 Å². The topological polar surface area (TPSA) is 16.1 Å². The fraction of sp³-hybridized carbons (Fsp3) is 0.615. The highest BCUT2D eigenvalue weighted by molar-refractivity contribution is 6.17. The van der Waals surface area contributed by atoms with Crippen molar-refractivity contribution in [3.8, 4) is 0 Å². The first-order valence-electron chi connectivity index (χ1n) is 5.96. The summed E-state index contributed by atoms with van der Waals surface area (Å²) in [5.74, 6) is 0.792. The minimum absolute atomic E-state index is 0.792. The van der Waals surface area contributed by atoms with Crippen LogP contribution in [-0.4, -0.2) is 35.9 Å². The zero-order chi connectivity index (χ0) is 11.6. The van der Waals surface area contributed by atoms with Crippen molar-refractivity contribution in [3.05, 3.63) is 30.1 Å². The van der Waals surface area contributed by atoms with Gasteiger partial charge in [0, 0.05) is 24.8 Å². The molecule has 0 bridgehead atoms. The monoisotopic (exact) mass is 240 g/mol. The Hall–Kier alpha value is -0.600. The van der Waals surface area contributed by atoms with Crippen LogP contribution < -0.4 is 0 Å². The van der Waals surface area contributed by atoms with Crippen LogP contribution in [-0.2, 0) is 6.42 Å². The maximum absolute atomic E-state index is 5.64. The SMILES string of the molecule is CN(CCCCCCl)CCc1ccncc1. The maximum atomic E-state index is 5.64. The second kappa shape index (κ2) is 8.54. The van der Waals surface area contributed by atoms with E-state index >= 15 is 0 Å².